The number of carboxylic acid groups (broad SMARTS) is 1. The van der Waals surface area contributed by atoms with E-state index in [-0.39, 0.29) is 17.0 Å². The fraction of sp³-hybridized carbons (Fsp3) is 0.467. The molecule has 0 saturated carbocycles. The van der Waals surface area contributed by atoms with Gasteiger partial charge in [-0.2, -0.15) is 9.57 Å². The number of carbonyl (C=O) groups is 1. The first-order chi connectivity index (χ1) is 9.92. The SMILES string of the molecule is Cc1cc(C)c(S(=O)(=O)N(C)CC(C)(C)C#N)cc1C(=O)O. The van der Waals surface area contributed by atoms with Crippen LogP contribution >= 0.6 is 0 Å². The minimum absolute atomic E-state index is 0.0154. The lowest BCUT2D eigenvalue weighted by Gasteiger charge is -2.25. The molecule has 0 aliphatic heterocycles. The van der Waals surface area contributed by atoms with Crippen molar-refractivity contribution in [1.82, 2.24) is 4.31 Å². The Balaban J connectivity index is 3.38. The van der Waals surface area contributed by atoms with E-state index in [1.165, 1.54) is 13.1 Å². The Kier molecular flexibility index (Phi) is 5.00. The summed E-state index contributed by atoms with van der Waals surface area (Å²) in [6.07, 6.45) is 0. The van der Waals surface area contributed by atoms with Gasteiger partial charge in [0.2, 0.25) is 10.0 Å². The first-order valence-electron chi connectivity index (χ1n) is 6.64. The summed E-state index contributed by atoms with van der Waals surface area (Å²) in [5, 5.41) is 18.2. The van der Waals surface area contributed by atoms with E-state index in [1.54, 1.807) is 33.8 Å². The standard InChI is InChI=1S/C15H20N2O4S/c1-10-6-11(2)13(7-12(10)14(18)19)22(20,21)17(5)9-15(3,4)8-16/h6-7H,9H2,1-5H3,(H,18,19). The van der Waals surface area contributed by atoms with E-state index < -0.39 is 21.4 Å². The summed E-state index contributed by atoms with van der Waals surface area (Å²) in [6, 6.07) is 4.77. The van der Waals surface area contributed by atoms with Crippen molar-refractivity contribution < 1.29 is 18.3 Å². The van der Waals surface area contributed by atoms with Crippen molar-refractivity contribution in [2.45, 2.75) is 32.6 Å². The number of carboxylic acids is 1. The highest BCUT2D eigenvalue weighted by Gasteiger charge is 2.30. The summed E-state index contributed by atoms with van der Waals surface area (Å²) < 4.78 is 26.4. The highest BCUT2D eigenvalue weighted by Crippen LogP contribution is 2.25. The maximum atomic E-state index is 12.7. The summed E-state index contributed by atoms with van der Waals surface area (Å²) in [5.74, 6) is -1.17. The van der Waals surface area contributed by atoms with Crippen molar-refractivity contribution >= 4 is 16.0 Å². The second-order valence-electron chi connectivity index (χ2n) is 5.99. The van der Waals surface area contributed by atoms with Crippen molar-refractivity contribution in [1.29, 1.82) is 5.26 Å². The van der Waals surface area contributed by atoms with Crippen LogP contribution in [0.3, 0.4) is 0 Å². The molecule has 0 unspecified atom stereocenters. The number of benzene rings is 1. The lowest BCUT2D eigenvalue weighted by atomic mass is 9.96. The molecule has 0 amide bonds. The van der Waals surface area contributed by atoms with E-state index in [0.717, 1.165) is 4.31 Å². The minimum Gasteiger partial charge on any atom is -0.478 e. The number of hydrogen-bond acceptors (Lipinski definition) is 4. The first-order valence-corrected chi connectivity index (χ1v) is 8.08. The molecule has 0 heterocycles. The Hall–Kier alpha value is -1.91. The maximum absolute atomic E-state index is 12.7. The van der Waals surface area contributed by atoms with Crippen LogP contribution < -0.4 is 0 Å². The second-order valence-corrected chi connectivity index (χ2v) is 8.01. The van der Waals surface area contributed by atoms with Crippen LogP contribution in [0, 0.1) is 30.6 Å². The number of aryl methyl sites for hydroxylation is 2. The summed E-state index contributed by atoms with van der Waals surface area (Å²) >= 11 is 0. The van der Waals surface area contributed by atoms with E-state index in [1.807, 2.05) is 6.07 Å². The van der Waals surface area contributed by atoms with Gasteiger partial charge in [-0.25, -0.2) is 13.2 Å². The summed E-state index contributed by atoms with van der Waals surface area (Å²) in [6.45, 7) is 6.54. The van der Waals surface area contributed by atoms with Gasteiger partial charge in [-0.05, 0) is 44.9 Å². The molecule has 6 nitrogen and oxygen atoms in total. The van der Waals surface area contributed by atoms with E-state index in [4.69, 9.17) is 10.4 Å². The normalized spacial score (nSPS) is 12.2. The van der Waals surface area contributed by atoms with Gasteiger partial charge in [0, 0.05) is 13.6 Å². The van der Waals surface area contributed by atoms with Gasteiger partial charge in [0.15, 0.2) is 0 Å². The van der Waals surface area contributed by atoms with Crippen molar-refractivity contribution in [3.05, 3.63) is 28.8 Å². The van der Waals surface area contributed by atoms with Gasteiger partial charge >= 0.3 is 5.97 Å². The molecule has 0 spiro atoms. The predicted molar refractivity (Wildman–Crippen MR) is 82.1 cm³/mol. The Morgan fingerprint density at radius 3 is 2.32 bits per heavy atom. The van der Waals surface area contributed by atoms with Crippen LogP contribution in [0.2, 0.25) is 0 Å². The summed E-state index contributed by atoms with van der Waals surface area (Å²) in [4.78, 5) is 11.2. The van der Waals surface area contributed by atoms with Crippen LogP contribution in [0.25, 0.3) is 0 Å². The average Bonchev–Trinajstić information content (AvgIpc) is 2.37. The molecule has 0 aromatic heterocycles. The van der Waals surface area contributed by atoms with Crippen molar-refractivity contribution in [3.63, 3.8) is 0 Å². The smallest absolute Gasteiger partial charge is 0.335 e. The van der Waals surface area contributed by atoms with E-state index >= 15 is 0 Å². The third-order valence-corrected chi connectivity index (χ3v) is 5.31. The number of nitrogens with zero attached hydrogens (tertiary/aromatic N) is 2. The molecule has 0 aliphatic carbocycles. The van der Waals surface area contributed by atoms with Gasteiger partial charge in [0.05, 0.1) is 21.9 Å². The van der Waals surface area contributed by atoms with Crippen LogP contribution in [-0.2, 0) is 10.0 Å². The molecule has 1 rings (SSSR count). The molecular weight excluding hydrogens is 304 g/mol. The topological polar surface area (TPSA) is 98.5 Å². The lowest BCUT2D eigenvalue weighted by Crippen LogP contribution is -2.35. The Morgan fingerprint density at radius 1 is 1.32 bits per heavy atom. The summed E-state index contributed by atoms with van der Waals surface area (Å²) in [5.41, 5.74) is 0.0981. The van der Waals surface area contributed by atoms with Crippen LogP contribution in [0.1, 0.15) is 35.3 Å². The molecule has 0 bridgehead atoms. The molecule has 0 saturated heterocycles. The number of sulfonamides is 1. The van der Waals surface area contributed by atoms with Gasteiger partial charge in [-0.15, -0.1) is 0 Å². The Bertz CT molecular complexity index is 746. The van der Waals surface area contributed by atoms with Crippen LogP contribution in [0.15, 0.2) is 17.0 Å². The fourth-order valence-corrected chi connectivity index (χ4v) is 3.75. The third-order valence-electron chi connectivity index (χ3n) is 3.36. The fourth-order valence-electron chi connectivity index (χ4n) is 2.19. The average molecular weight is 324 g/mol. The molecule has 0 radical (unpaired) electrons. The first kappa shape index (κ1) is 18.1. The maximum Gasteiger partial charge on any atom is 0.335 e. The molecule has 0 fully saturated rings. The number of hydrogen-bond donors (Lipinski definition) is 1. The van der Waals surface area contributed by atoms with Crippen LogP contribution in [0.5, 0.6) is 0 Å². The molecule has 1 aromatic carbocycles. The lowest BCUT2D eigenvalue weighted by molar-refractivity contribution is 0.0696. The molecular formula is C15H20N2O4S. The molecule has 7 heteroatoms. The molecule has 1 aromatic rings. The van der Waals surface area contributed by atoms with Crippen molar-refractivity contribution in [3.8, 4) is 6.07 Å². The largest absolute Gasteiger partial charge is 0.478 e. The monoisotopic (exact) mass is 324 g/mol. The zero-order valence-electron chi connectivity index (χ0n) is 13.3. The van der Waals surface area contributed by atoms with Crippen molar-refractivity contribution in [2.24, 2.45) is 5.41 Å². The van der Waals surface area contributed by atoms with E-state index in [0.29, 0.717) is 11.1 Å². The number of nitriles is 1. The highest BCUT2D eigenvalue weighted by atomic mass is 32.2. The van der Waals surface area contributed by atoms with Gasteiger partial charge in [-0.1, -0.05) is 6.07 Å². The molecule has 0 aliphatic rings. The van der Waals surface area contributed by atoms with Gasteiger partial charge in [0.1, 0.15) is 0 Å². The van der Waals surface area contributed by atoms with E-state index in [2.05, 4.69) is 0 Å². The molecule has 0 atom stereocenters. The van der Waals surface area contributed by atoms with Gasteiger partial charge in [0.25, 0.3) is 0 Å². The number of aromatic carboxylic acids is 1. The summed E-state index contributed by atoms with van der Waals surface area (Å²) in [7, 11) is -2.48. The minimum atomic E-state index is -3.87. The Morgan fingerprint density at radius 2 is 1.86 bits per heavy atom. The third kappa shape index (κ3) is 3.64. The van der Waals surface area contributed by atoms with Crippen LogP contribution in [0.4, 0.5) is 0 Å². The quantitative estimate of drug-likeness (QED) is 0.895. The Labute approximate surface area is 131 Å². The number of rotatable bonds is 5. The zero-order chi connectivity index (χ0) is 17.3. The zero-order valence-corrected chi connectivity index (χ0v) is 14.2. The predicted octanol–water partition coefficient (Wildman–Crippen LogP) is 2.17. The molecule has 1 N–H and O–H groups in total. The van der Waals surface area contributed by atoms with Crippen molar-refractivity contribution in [2.75, 3.05) is 13.6 Å². The highest BCUT2D eigenvalue weighted by molar-refractivity contribution is 7.89. The van der Waals surface area contributed by atoms with E-state index in [9.17, 15) is 13.2 Å². The van der Waals surface area contributed by atoms with Gasteiger partial charge < -0.3 is 5.11 Å². The molecule has 120 valence electrons. The van der Waals surface area contributed by atoms with Gasteiger partial charge in [-0.3, -0.25) is 0 Å². The van der Waals surface area contributed by atoms with Crippen LogP contribution in [-0.4, -0.2) is 37.4 Å². The molecule has 22 heavy (non-hydrogen) atoms. The second kappa shape index (κ2) is 6.07.